The summed E-state index contributed by atoms with van der Waals surface area (Å²) in [5, 5.41) is 1.23. The fraction of sp³-hybridized carbons (Fsp3) is 0. The monoisotopic (exact) mass is 293 g/mol. The van der Waals surface area contributed by atoms with Crippen molar-refractivity contribution in [3.05, 3.63) is 38.7 Å². The predicted molar refractivity (Wildman–Crippen MR) is 59.4 cm³/mol. The third-order valence-electron chi connectivity index (χ3n) is 1.82. The highest BCUT2D eigenvalue weighted by molar-refractivity contribution is 9.10. The molecule has 2 rings (SSSR count). The second-order valence-corrected chi connectivity index (χ2v) is 4.28. The van der Waals surface area contributed by atoms with Crippen LogP contribution in [-0.4, -0.2) is 4.98 Å². The maximum Gasteiger partial charge on any atom is 0.165 e. The van der Waals surface area contributed by atoms with Crippen LogP contribution in [0.4, 0.5) is 4.39 Å². The number of rotatable bonds is 0. The Labute approximate surface area is 98.0 Å². The van der Waals surface area contributed by atoms with E-state index >= 15 is 0 Å². The predicted octanol–water partition coefficient (Wildman–Crippen LogP) is 4.44. The van der Waals surface area contributed by atoms with E-state index < -0.39 is 5.82 Å². The van der Waals surface area contributed by atoms with Crippen LogP contribution in [0.25, 0.3) is 10.9 Å². The van der Waals surface area contributed by atoms with Gasteiger partial charge in [0.15, 0.2) is 5.82 Å². The van der Waals surface area contributed by atoms with Gasteiger partial charge in [-0.1, -0.05) is 23.2 Å². The van der Waals surface area contributed by atoms with Gasteiger partial charge in [-0.2, -0.15) is 0 Å². The molecule has 0 atom stereocenters. The topological polar surface area (TPSA) is 12.9 Å². The minimum Gasteiger partial charge on any atom is -0.253 e. The van der Waals surface area contributed by atoms with Gasteiger partial charge in [-0.3, -0.25) is 4.98 Å². The third-order valence-corrected chi connectivity index (χ3v) is 3.45. The Morgan fingerprint density at radius 1 is 1.29 bits per heavy atom. The minimum absolute atomic E-state index is 0.210. The molecular weight excluding hydrogens is 292 g/mol. The van der Waals surface area contributed by atoms with Crippen molar-refractivity contribution in [2.45, 2.75) is 0 Å². The molecule has 0 aliphatic rings. The number of pyridine rings is 1. The summed E-state index contributed by atoms with van der Waals surface area (Å²) in [7, 11) is 0. The quantitative estimate of drug-likeness (QED) is 0.655. The number of benzene rings is 1. The van der Waals surface area contributed by atoms with E-state index in [1.165, 1.54) is 6.20 Å². The van der Waals surface area contributed by atoms with E-state index in [0.29, 0.717) is 10.4 Å². The van der Waals surface area contributed by atoms with E-state index in [1.807, 2.05) is 0 Å². The van der Waals surface area contributed by atoms with Crippen molar-refractivity contribution in [3.8, 4) is 0 Å². The zero-order valence-electron chi connectivity index (χ0n) is 6.69. The van der Waals surface area contributed by atoms with Gasteiger partial charge in [-0.05, 0) is 28.1 Å². The highest BCUT2D eigenvalue weighted by Gasteiger charge is 2.12. The molecule has 0 aliphatic carbocycles. The SMILES string of the molecule is Fc1c(Br)c(Cl)cc2c(Cl)ccnc12. The third kappa shape index (κ3) is 1.49. The molecule has 1 heterocycles. The second kappa shape index (κ2) is 3.65. The van der Waals surface area contributed by atoms with E-state index in [2.05, 4.69) is 20.9 Å². The lowest BCUT2D eigenvalue weighted by Gasteiger charge is -2.04. The summed E-state index contributed by atoms with van der Waals surface area (Å²) in [4.78, 5) is 3.90. The first-order valence-electron chi connectivity index (χ1n) is 3.69. The van der Waals surface area contributed by atoms with E-state index in [4.69, 9.17) is 23.2 Å². The molecule has 5 heteroatoms. The highest BCUT2D eigenvalue weighted by Crippen LogP contribution is 2.33. The van der Waals surface area contributed by atoms with Crippen LogP contribution in [0.3, 0.4) is 0 Å². The van der Waals surface area contributed by atoms with Gasteiger partial charge < -0.3 is 0 Å². The van der Waals surface area contributed by atoms with E-state index in [0.717, 1.165) is 0 Å². The van der Waals surface area contributed by atoms with Gasteiger partial charge in [-0.15, -0.1) is 0 Å². The first-order valence-corrected chi connectivity index (χ1v) is 5.24. The summed E-state index contributed by atoms with van der Waals surface area (Å²) >= 11 is 14.7. The van der Waals surface area contributed by atoms with E-state index in [-0.39, 0.29) is 15.0 Å². The van der Waals surface area contributed by atoms with Gasteiger partial charge in [0.1, 0.15) is 5.52 Å². The average molecular weight is 295 g/mol. The second-order valence-electron chi connectivity index (χ2n) is 2.68. The Morgan fingerprint density at radius 2 is 2.00 bits per heavy atom. The van der Waals surface area contributed by atoms with Gasteiger partial charge in [0.05, 0.1) is 14.5 Å². The molecule has 0 radical (unpaired) electrons. The first-order chi connectivity index (χ1) is 6.61. The molecule has 0 aliphatic heterocycles. The van der Waals surface area contributed by atoms with Gasteiger partial charge in [-0.25, -0.2) is 4.39 Å². The molecule has 0 spiro atoms. The summed E-state index contributed by atoms with van der Waals surface area (Å²) < 4.78 is 13.8. The van der Waals surface area contributed by atoms with Crippen molar-refractivity contribution in [3.63, 3.8) is 0 Å². The fourth-order valence-corrected chi connectivity index (χ4v) is 1.86. The van der Waals surface area contributed by atoms with Gasteiger partial charge in [0.2, 0.25) is 0 Å². The van der Waals surface area contributed by atoms with Crippen molar-refractivity contribution in [1.82, 2.24) is 4.98 Å². The van der Waals surface area contributed by atoms with Crippen molar-refractivity contribution < 1.29 is 4.39 Å². The molecule has 0 amide bonds. The van der Waals surface area contributed by atoms with E-state index in [9.17, 15) is 4.39 Å². The smallest absolute Gasteiger partial charge is 0.165 e. The molecule has 14 heavy (non-hydrogen) atoms. The van der Waals surface area contributed by atoms with Crippen LogP contribution in [0.5, 0.6) is 0 Å². The molecule has 1 aromatic heterocycles. The molecule has 0 bridgehead atoms. The Balaban J connectivity index is 2.98. The number of hydrogen-bond acceptors (Lipinski definition) is 1. The Morgan fingerprint density at radius 3 is 2.71 bits per heavy atom. The van der Waals surface area contributed by atoms with Gasteiger partial charge in [0.25, 0.3) is 0 Å². The van der Waals surface area contributed by atoms with Crippen molar-refractivity contribution >= 4 is 50.0 Å². The van der Waals surface area contributed by atoms with Crippen LogP contribution >= 0.6 is 39.1 Å². The molecule has 2 aromatic rings. The largest absolute Gasteiger partial charge is 0.253 e. The zero-order chi connectivity index (χ0) is 10.3. The molecule has 0 saturated carbocycles. The fourth-order valence-electron chi connectivity index (χ4n) is 1.16. The van der Waals surface area contributed by atoms with Crippen LogP contribution < -0.4 is 0 Å². The normalized spacial score (nSPS) is 10.9. The molecule has 0 N–H and O–H groups in total. The zero-order valence-corrected chi connectivity index (χ0v) is 9.79. The number of halogens is 4. The maximum absolute atomic E-state index is 13.6. The number of fused-ring (bicyclic) bond motifs is 1. The van der Waals surface area contributed by atoms with Crippen LogP contribution in [0.1, 0.15) is 0 Å². The van der Waals surface area contributed by atoms with Crippen molar-refractivity contribution in [2.75, 3.05) is 0 Å². The van der Waals surface area contributed by atoms with Crippen LogP contribution in [-0.2, 0) is 0 Å². The molecule has 72 valence electrons. The molecule has 1 aromatic carbocycles. The summed E-state index contributed by atoms with van der Waals surface area (Å²) in [5.41, 5.74) is 0.216. The summed E-state index contributed by atoms with van der Waals surface area (Å²) in [5.74, 6) is -0.491. The summed E-state index contributed by atoms with van der Waals surface area (Å²) in [6.45, 7) is 0. The van der Waals surface area contributed by atoms with Gasteiger partial charge >= 0.3 is 0 Å². The van der Waals surface area contributed by atoms with Crippen LogP contribution in [0.2, 0.25) is 10.0 Å². The average Bonchev–Trinajstić information content (AvgIpc) is 2.17. The van der Waals surface area contributed by atoms with Gasteiger partial charge in [0, 0.05) is 11.6 Å². The Kier molecular flexibility index (Phi) is 2.64. The van der Waals surface area contributed by atoms with Crippen molar-refractivity contribution in [1.29, 1.82) is 0 Å². The lowest BCUT2D eigenvalue weighted by Crippen LogP contribution is -1.87. The van der Waals surface area contributed by atoms with Crippen molar-refractivity contribution in [2.24, 2.45) is 0 Å². The molecule has 0 saturated heterocycles. The van der Waals surface area contributed by atoms with E-state index in [1.54, 1.807) is 12.1 Å². The first kappa shape index (κ1) is 10.1. The number of hydrogen-bond donors (Lipinski definition) is 0. The molecule has 0 fully saturated rings. The maximum atomic E-state index is 13.6. The minimum atomic E-state index is -0.491. The molecule has 1 nitrogen and oxygen atoms in total. The number of nitrogens with zero attached hydrogens (tertiary/aromatic N) is 1. The Bertz CT molecular complexity index is 516. The summed E-state index contributed by atoms with van der Waals surface area (Å²) in [6.07, 6.45) is 1.45. The Hall–Kier alpha value is -0.380. The highest BCUT2D eigenvalue weighted by atomic mass is 79.9. The molecular formula is C9H3BrCl2FN. The standard InChI is InChI=1S/C9H3BrCl2FN/c10-7-6(12)3-4-5(11)1-2-14-9(4)8(7)13/h1-3H. The van der Waals surface area contributed by atoms with Crippen LogP contribution in [0.15, 0.2) is 22.8 Å². The summed E-state index contributed by atoms with van der Waals surface area (Å²) in [6, 6.07) is 3.17. The lowest BCUT2D eigenvalue weighted by atomic mass is 10.2. The molecule has 0 unspecified atom stereocenters. The number of aromatic nitrogens is 1. The lowest BCUT2D eigenvalue weighted by molar-refractivity contribution is 0.630. The van der Waals surface area contributed by atoms with Crippen LogP contribution in [0, 0.1) is 5.82 Å².